The Morgan fingerprint density at radius 3 is 2.45 bits per heavy atom. The van der Waals surface area contributed by atoms with E-state index >= 15 is 0 Å². The van der Waals surface area contributed by atoms with Crippen molar-refractivity contribution < 1.29 is 4.79 Å². The third-order valence-electron chi connectivity index (χ3n) is 6.51. The molecule has 1 aliphatic carbocycles. The summed E-state index contributed by atoms with van der Waals surface area (Å²) in [5.41, 5.74) is 15.1. The lowest BCUT2D eigenvalue weighted by atomic mass is 9.88. The molecule has 0 bridgehead atoms. The van der Waals surface area contributed by atoms with Gasteiger partial charge in [0, 0.05) is 37.0 Å². The molecule has 2 aliphatic rings. The highest BCUT2D eigenvalue weighted by Gasteiger charge is 2.25. The molecule has 1 fully saturated rings. The van der Waals surface area contributed by atoms with Crippen LogP contribution in [0.25, 0.3) is 5.57 Å². The summed E-state index contributed by atoms with van der Waals surface area (Å²) in [6, 6.07) is 20.8. The van der Waals surface area contributed by atoms with Crippen LogP contribution >= 0.6 is 0 Å². The van der Waals surface area contributed by atoms with Crippen LogP contribution in [0, 0.1) is 0 Å². The number of fused-ring (bicyclic) bond motifs is 2. The smallest absolute Gasteiger partial charge is 0.248 e. The van der Waals surface area contributed by atoms with Gasteiger partial charge < -0.3 is 5.73 Å². The molecule has 1 aliphatic heterocycles. The molecule has 4 heteroatoms. The number of carbonyl (C=O) groups is 1. The van der Waals surface area contributed by atoms with Gasteiger partial charge in [-0.2, -0.15) is 0 Å². The fourth-order valence-corrected chi connectivity index (χ4v) is 4.89. The Bertz CT molecular complexity index is 1140. The number of pyridine rings is 1. The number of likely N-dealkylation sites (tertiary alicyclic amines) is 1. The topological polar surface area (TPSA) is 59.2 Å². The highest BCUT2D eigenvalue weighted by atomic mass is 16.1. The molecule has 1 aromatic heterocycles. The number of aryl methyl sites for hydroxylation is 2. The molecule has 0 radical (unpaired) electrons. The number of nitrogens with two attached hydrogens (primary N) is 1. The van der Waals surface area contributed by atoms with Crippen molar-refractivity contribution in [2.75, 3.05) is 13.1 Å². The van der Waals surface area contributed by atoms with E-state index in [0.717, 1.165) is 51.0 Å². The predicted molar refractivity (Wildman–Crippen MR) is 124 cm³/mol. The summed E-state index contributed by atoms with van der Waals surface area (Å²) in [7, 11) is 0. The zero-order valence-corrected chi connectivity index (χ0v) is 17.7. The molecule has 2 heterocycles. The van der Waals surface area contributed by atoms with Crippen LogP contribution in [0.1, 0.15) is 51.1 Å². The van der Waals surface area contributed by atoms with Crippen molar-refractivity contribution in [2.24, 2.45) is 5.73 Å². The highest BCUT2D eigenvalue weighted by molar-refractivity contribution is 5.94. The second kappa shape index (κ2) is 8.48. The highest BCUT2D eigenvalue weighted by Crippen LogP contribution is 2.38. The van der Waals surface area contributed by atoms with Gasteiger partial charge in [-0.15, -0.1) is 0 Å². The Kier molecular flexibility index (Phi) is 5.39. The maximum absolute atomic E-state index is 11.8. The van der Waals surface area contributed by atoms with Gasteiger partial charge in [0.1, 0.15) is 0 Å². The van der Waals surface area contributed by atoms with Crippen LogP contribution in [-0.2, 0) is 19.4 Å². The van der Waals surface area contributed by atoms with E-state index in [1.807, 2.05) is 24.4 Å². The van der Waals surface area contributed by atoms with Gasteiger partial charge in [0.2, 0.25) is 5.91 Å². The number of amides is 1. The van der Waals surface area contributed by atoms with Crippen LogP contribution in [0.4, 0.5) is 0 Å². The Morgan fingerprint density at radius 2 is 1.68 bits per heavy atom. The first-order valence-corrected chi connectivity index (χ1v) is 11.0. The van der Waals surface area contributed by atoms with Crippen molar-refractivity contribution in [3.05, 3.63) is 106 Å². The molecular formula is C27H27N3O. The molecule has 3 aromatic rings. The summed E-state index contributed by atoms with van der Waals surface area (Å²) in [4.78, 5) is 19.1. The SMILES string of the molecule is NC(=O)c1ccc2c(c1)CCc1cccnc1C2=C1CCN(Cc2ccccc2)CC1. The molecular weight excluding hydrogens is 382 g/mol. The van der Waals surface area contributed by atoms with Crippen molar-refractivity contribution in [3.8, 4) is 0 Å². The summed E-state index contributed by atoms with van der Waals surface area (Å²) >= 11 is 0. The zero-order valence-electron chi connectivity index (χ0n) is 17.7. The second-order valence-electron chi connectivity index (χ2n) is 8.49. The molecule has 1 amide bonds. The van der Waals surface area contributed by atoms with E-state index in [2.05, 4.69) is 47.4 Å². The molecule has 5 rings (SSSR count). The molecule has 2 aromatic carbocycles. The van der Waals surface area contributed by atoms with Crippen LogP contribution in [0.2, 0.25) is 0 Å². The first-order valence-electron chi connectivity index (χ1n) is 11.0. The Balaban J connectivity index is 1.50. The summed E-state index contributed by atoms with van der Waals surface area (Å²) in [6.45, 7) is 3.09. The predicted octanol–water partition coefficient (Wildman–Crippen LogP) is 4.38. The molecule has 0 saturated carbocycles. The minimum absolute atomic E-state index is 0.369. The van der Waals surface area contributed by atoms with Crippen LogP contribution in [0.5, 0.6) is 0 Å². The van der Waals surface area contributed by atoms with Gasteiger partial charge in [-0.05, 0) is 66.1 Å². The van der Waals surface area contributed by atoms with Gasteiger partial charge in [0.05, 0.1) is 5.69 Å². The Labute approximate surface area is 183 Å². The van der Waals surface area contributed by atoms with E-state index in [1.54, 1.807) is 0 Å². The van der Waals surface area contributed by atoms with E-state index in [0.29, 0.717) is 5.56 Å². The molecule has 0 atom stereocenters. The Hall–Kier alpha value is -3.24. The molecule has 4 nitrogen and oxygen atoms in total. The average Bonchev–Trinajstić information content (AvgIpc) is 2.97. The summed E-state index contributed by atoms with van der Waals surface area (Å²) in [6.07, 6.45) is 5.79. The van der Waals surface area contributed by atoms with Crippen molar-refractivity contribution in [2.45, 2.75) is 32.2 Å². The van der Waals surface area contributed by atoms with Crippen LogP contribution in [0.3, 0.4) is 0 Å². The monoisotopic (exact) mass is 409 g/mol. The van der Waals surface area contributed by atoms with Crippen LogP contribution in [-0.4, -0.2) is 28.9 Å². The fraction of sp³-hybridized carbons (Fsp3) is 0.259. The van der Waals surface area contributed by atoms with Gasteiger partial charge in [-0.1, -0.05) is 48.0 Å². The molecule has 1 saturated heterocycles. The number of hydrogen-bond donors (Lipinski definition) is 1. The van der Waals surface area contributed by atoms with Gasteiger partial charge in [-0.25, -0.2) is 0 Å². The van der Waals surface area contributed by atoms with Crippen molar-refractivity contribution in [1.29, 1.82) is 0 Å². The van der Waals surface area contributed by atoms with Gasteiger partial charge in [0.25, 0.3) is 0 Å². The first-order chi connectivity index (χ1) is 15.2. The van der Waals surface area contributed by atoms with E-state index in [1.165, 1.54) is 33.4 Å². The van der Waals surface area contributed by atoms with Crippen molar-refractivity contribution in [1.82, 2.24) is 9.88 Å². The quantitative estimate of drug-likeness (QED) is 0.698. The number of carbonyl (C=O) groups excluding carboxylic acids is 1. The summed E-state index contributed by atoms with van der Waals surface area (Å²) in [5, 5.41) is 0. The maximum Gasteiger partial charge on any atom is 0.248 e. The maximum atomic E-state index is 11.8. The molecule has 31 heavy (non-hydrogen) atoms. The van der Waals surface area contributed by atoms with Crippen molar-refractivity contribution >= 4 is 11.5 Å². The zero-order chi connectivity index (χ0) is 21.2. The molecule has 0 unspecified atom stereocenters. The number of hydrogen-bond acceptors (Lipinski definition) is 3. The van der Waals surface area contributed by atoms with Crippen molar-refractivity contribution in [3.63, 3.8) is 0 Å². The number of primary amides is 1. The van der Waals surface area contributed by atoms with Crippen LogP contribution < -0.4 is 5.73 Å². The van der Waals surface area contributed by atoms with E-state index in [9.17, 15) is 4.79 Å². The largest absolute Gasteiger partial charge is 0.366 e. The fourth-order valence-electron chi connectivity index (χ4n) is 4.89. The summed E-state index contributed by atoms with van der Waals surface area (Å²) in [5.74, 6) is -0.369. The average molecular weight is 410 g/mol. The van der Waals surface area contributed by atoms with Gasteiger partial charge in [-0.3, -0.25) is 14.7 Å². The number of aromatic nitrogens is 1. The molecule has 2 N–H and O–H groups in total. The lowest BCUT2D eigenvalue weighted by molar-refractivity contribution is 0.1000. The molecule has 156 valence electrons. The number of benzene rings is 2. The minimum Gasteiger partial charge on any atom is -0.366 e. The third kappa shape index (κ3) is 4.04. The van der Waals surface area contributed by atoms with E-state index in [4.69, 9.17) is 10.7 Å². The third-order valence-corrected chi connectivity index (χ3v) is 6.51. The minimum atomic E-state index is -0.369. The lowest BCUT2D eigenvalue weighted by Crippen LogP contribution is -2.30. The Morgan fingerprint density at radius 1 is 0.903 bits per heavy atom. The van der Waals surface area contributed by atoms with Gasteiger partial charge in [0.15, 0.2) is 0 Å². The normalized spacial score (nSPS) is 16.4. The number of piperidine rings is 1. The lowest BCUT2D eigenvalue weighted by Gasteiger charge is -2.30. The van der Waals surface area contributed by atoms with E-state index < -0.39 is 0 Å². The van der Waals surface area contributed by atoms with E-state index in [-0.39, 0.29) is 5.91 Å². The van der Waals surface area contributed by atoms with Crippen LogP contribution in [0.15, 0.2) is 72.4 Å². The number of rotatable bonds is 3. The second-order valence-corrected chi connectivity index (χ2v) is 8.49. The standard InChI is InChI=1S/C27H27N3O/c28-27(31)23-10-11-24-22(17-23)9-8-21-7-4-14-29-26(21)25(24)20-12-15-30(16-13-20)18-19-5-2-1-3-6-19/h1-7,10-11,14,17H,8-9,12-13,15-16,18H2,(H2,28,31). The first kappa shape index (κ1) is 19.7. The van der Waals surface area contributed by atoms with Gasteiger partial charge >= 0.3 is 0 Å². The number of nitrogens with zero attached hydrogens (tertiary/aromatic N) is 2. The molecule has 0 spiro atoms. The summed E-state index contributed by atoms with van der Waals surface area (Å²) < 4.78 is 0.